The van der Waals surface area contributed by atoms with E-state index in [2.05, 4.69) is 51.8 Å². The van der Waals surface area contributed by atoms with Crippen molar-refractivity contribution < 1.29 is 18.0 Å². The number of aromatic nitrogens is 3. The minimum Gasteiger partial charge on any atom is -0.322 e. The molecule has 0 atom stereocenters. The van der Waals surface area contributed by atoms with Crippen LogP contribution in [0.5, 0.6) is 0 Å². The van der Waals surface area contributed by atoms with Gasteiger partial charge in [0, 0.05) is 38.1 Å². The van der Waals surface area contributed by atoms with Gasteiger partial charge < -0.3 is 10.2 Å². The van der Waals surface area contributed by atoms with Gasteiger partial charge in [-0.3, -0.25) is 9.47 Å². The van der Waals surface area contributed by atoms with E-state index in [0.29, 0.717) is 32.7 Å². The van der Waals surface area contributed by atoms with Gasteiger partial charge in [-0.15, -0.1) is 0 Å². The van der Waals surface area contributed by atoms with Gasteiger partial charge in [0.2, 0.25) is 0 Å². The number of hydrogen-bond acceptors (Lipinski definition) is 4. The number of carbonyl (C=O) groups excluding carboxylic acids is 1. The molecule has 1 aliphatic heterocycles. The number of nitrogens with zero attached hydrogens (tertiary/aromatic N) is 5. The predicted octanol–water partition coefficient (Wildman–Crippen LogP) is 5.41. The molecule has 0 bridgehead atoms. The molecule has 2 aromatic heterocycles. The third-order valence-corrected chi connectivity index (χ3v) is 6.45. The maximum absolute atomic E-state index is 13.3. The zero-order chi connectivity index (χ0) is 26.2. The Labute approximate surface area is 212 Å². The Morgan fingerprint density at radius 1 is 0.973 bits per heavy atom. The number of fused-ring (bicyclic) bond motifs is 1. The highest BCUT2D eigenvalue weighted by Crippen LogP contribution is 2.34. The maximum Gasteiger partial charge on any atom is 0.418 e. The minimum absolute atomic E-state index is 0.239. The second-order valence-electron chi connectivity index (χ2n) is 9.29. The number of imidazole rings is 1. The molecule has 4 aromatic rings. The van der Waals surface area contributed by atoms with E-state index < -0.39 is 17.8 Å². The number of amides is 2. The lowest BCUT2D eigenvalue weighted by molar-refractivity contribution is -0.136. The van der Waals surface area contributed by atoms with E-state index in [-0.39, 0.29) is 5.69 Å². The van der Waals surface area contributed by atoms with Crippen LogP contribution in [0.4, 0.5) is 23.7 Å². The van der Waals surface area contributed by atoms with Crippen molar-refractivity contribution in [3.8, 4) is 5.69 Å². The third kappa shape index (κ3) is 5.29. The molecular formula is C27H27F3N6O. The molecule has 0 spiro atoms. The summed E-state index contributed by atoms with van der Waals surface area (Å²) in [5, 5.41) is 2.43. The Kier molecular flexibility index (Phi) is 6.59. The van der Waals surface area contributed by atoms with Crippen molar-refractivity contribution in [2.24, 2.45) is 0 Å². The van der Waals surface area contributed by atoms with E-state index in [9.17, 15) is 18.0 Å². The second kappa shape index (κ2) is 9.85. The van der Waals surface area contributed by atoms with Crippen LogP contribution in [-0.2, 0) is 12.7 Å². The number of rotatable bonds is 4. The lowest BCUT2D eigenvalue weighted by atomic mass is 10.1. The number of carbonyl (C=O) groups is 1. The van der Waals surface area contributed by atoms with Gasteiger partial charge in [0.1, 0.15) is 11.3 Å². The van der Waals surface area contributed by atoms with Crippen molar-refractivity contribution in [1.29, 1.82) is 0 Å². The number of hydrogen-bond donors (Lipinski definition) is 1. The molecule has 0 aliphatic carbocycles. The molecule has 2 aromatic carbocycles. The maximum atomic E-state index is 13.3. The molecule has 1 N–H and O–H groups in total. The zero-order valence-corrected chi connectivity index (χ0v) is 20.6. The highest BCUT2D eigenvalue weighted by Gasteiger charge is 2.34. The van der Waals surface area contributed by atoms with E-state index in [0.717, 1.165) is 39.9 Å². The van der Waals surface area contributed by atoms with Gasteiger partial charge in [-0.25, -0.2) is 14.8 Å². The summed E-state index contributed by atoms with van der Waals surface area (Å²) in [4.78, 5) is 25.9. The quantitative estimate of drug-likeness (QED) is 0.401. The predicted molar refractivity (Wildman–Crippen MR) is 136 cm³/mol. The minimum atomic E-state index is -4.54. The number of pyridine rings is 1. The van der Waals surface area contributed by atoms with Crippen LogP contribution in [0.2, 0.25) is 0 Å². The van der Waals surface area contributed by atoms with Crippen molar-refractivity contribution in [3.05, 3.63) is 83.3 Å². The normalized spacial score (nSPS) is 14.8. The second-order valence-corrected chi connectivity index (χ2v) is 9.29. The first-order chi connectivity index (χ1) is 17.7. The van der Waals surface area contributed by atoms with Gasteiger partial charge in [0.15, 0.2) is 5.65 Å². The Morgan fingerprint density at radius 3 is 2.38 bits per heavy atom. The van der Waals surface area contributed by atoms with Gasteiger partial charge in [0.25, 0.3) is 0 Å². The average Bonchev–Trinajstić information content (AvgIpc) is 3.21. The first-order valence-corrected chi connectivity index (χ1v) is 12.0. The summed E-state index contributed by atoms with van der Waals surface area (Å²) >= 11 is 0. The summed E-state index contributed by atoms with van der Waals surface area (Å²) in [7, 11) is 0. The lowest BCUT2D eigenvalue weighted by Crippen LogP contribution is -2.49. The largest absolute Gasteiger partial charge is 0.418 e. The molecule has 1 saturated heterocycles. The molecule has 0 saturated carbocycles. The molecule has 0 radical (unpaired) electrons. The topological polar surface area (TPSA) is 66.3 Å². The molecular weight excluding hydrogens is 481 g/mol. The number of urea groups is 1. The van der Waals surface area contributed by atoms with Crippen LogP contribution in [0.15, 0.2) is 60.8 Å². The Morgan fingerprint density at radius 2 is 1.68 bits per heavy atom. The molecule has 5 rings (SSSR count). The molecule has 192 valence electrons. The van der Waals surface area contributed by atoms with Crippen molar-refractivity contribution >= 4 is 22.9 Å². The fourth-order valence-corrected chi connectivity index (χ4v) is 4.76. The van der Waals surface area contributed by atoms with Crippen LogP contribution in [0.25, 0.3) is 16.9 Å². The van der Waals surface area contributed by atoms with E-state index in [1.807, 2.05) is 12.1 Å². The highest BCUT2D eigenvalue weighted by molar-refractivity contribution is 5.90. The molecule has 2 amide bonds. The SMILES string of the molecule is Cc1cc(C)cc(-n2c(CN3CCN(C(=O)Nc4ccccc4C(F)(F)F)CC3)nc3cccnc32)c1. The van der Waals surface area contributed by atoms with E-state index in [1.54, 1.807) is 6.20 Å². The summed E-state index contributed by atoms with van der Waals surface area (Å²) < 4.78 is 41.9. The first-order valence-electron chi connectivity index (χ1n) is 12.0. The van der Waals surface area contributed by atoms with Crippen LogP contribution in [0, 0.1) is 13.8 Å². The Balaban J connectivity index is 1.30. The monoisotopic (exact) mass is 508 g/mol. The van der Waals surface area contributed by atoms with E-state index >= 15 is 0 Å². The summed E-state index contributed by atoms with van der Waals surface area (Å²) in [6.45, 7) is 6.58. The van der Waals surface area contributed by atoms with Crippen LogP contribution >= 0.6 is 0 Å². The molecule has 1 fully saturated rings. The van der Waals surface area contributed by atoms with E-state index in [1.165, 1.54) is 23.1 Å². The number of aryl methyl sites for hydroxylation is 2. The summed E-state index contributed by atoms with van der Waals surface area (Å²) in [5.41, 5.74) is 3.77. The van der Waals surface area contributed by atoms with Crippen molar-refractivity contribution in [2.45, 2.75) is 26.6 Å². The summed E-state index contributed by atoms with van der Waals surface area (Å²) in [5.74, 6) is 0.843. The first kappa shape index (κ1) is 24.8. The number of halogens is 3. The van der Waals surface area contributed by atoms with Gasteiger partial charge in [0.05, 0.1) is 17.8 Å². The van der Waals surface area contributed by atoms with Gasteiger partial charge in [-0.1, -0.05) is 18.2 Å². The number of alkyl halides is 3. The van der Waals surface area contributed by atoms with E-state index in [4.69, 9.17) is 4.98 Å². The Bertz CT molecular complexity index is 1420. The highest BCUT2D eigenvalue weighted by atomic mass is 19.4. The zero-order valence-electron chi connectivity index (χ0n) is 20.6. The average molecular weight is 509 g/mol. The number of nitrogens with one attached hydrogen (secondary N) is 1. The van der Waals surface area contributed by atoms with Gasteiger partial charge in [-0.2, -0.15) is 13.2 Å². The summed E-state index contributed by atoms with van der Waals surface area (Å²) in [6, 6.07) is 14.6. The third-order valence-electron chi connectivity index (χ3n) is 6.45. The number of para-hydroxylation sites is 1. The van der Waals surface area contributed by atoms with Gasteiger partial charge in [-0.05, 0) is 61.4 Å². The number of benzene rings is 2. The van der Waals surface area contributed by atoms with Crippen molar-refractivity contribution in [3.63, 3.8) is 0 Å². The molecule has 37 heavy (non-hydrogen) atoms. The molecule has 3 heterocycles. The fraction of sp³-hybridized carbons (Fsp3) is 0.296. The molecule has 1 aliphatic rings. The summed E-state index contributed by atoms with van der Waals surface area (Å²) in [6.07, 6.45) is -2.79. The molecule has 0 unspecified atom stereocenters. The van der Waals surface area contributed by atoms with Crippen molar-refractivity contribution in [1.82, 2.24) is 24.3 Å². The fourth-order valence-electron chi connectivity index (χ4n) is 4.76. The van der Waals surface area contributed by atoms with Crippen LogP contribution in [0.1, 0.15) is 22.5 Å². The van der Waals surface area contributed by atoms with Crippen molar-refractivity contribution in [2.75, 3.05) is 31.5 Å². The number of anilines is 1. The van der Waals surface area contributed by atoms with Crippen LogP contribution < -0.4 is 5.32 Å². The van der Waals surface area contributed by atoms with Gasteiger partial charge >= 0.3 is 12.2 Å². The standard InChI is InChI=1S/C27H27F3N6O/c1-18-14-19(2)16-20(15-18)36-24(32-23-8-5-9-31-25(23)36)17-34-10-12-35(13-11-34)26(37)33-22-7-4-3-6-21(22)27(28,29)30/h3-9,14-16H,10-13,17H2,1-2H3,(H,33,37). The van der Waals surface area contributed by atoms with Crippen LogP contribution in [-0.4, -0.2) is 56.5 Å². The lowest BCUT2D eigenvalue weighted by Gasteiger charge is -2.34. The van der Waals surface area contributed by atoms with Crippen LogP contribution in [0.3, 0.4) is 0 Å². The Hall–Kier alpha value is -3.92. The molecule has 10 heteroatoms. The molecule has 7 nitrogen and oxygen atoms in total. The number of piperazine rings is 1. The smallest absolute Gasteiger partial charge is 0.322 e.